The molecule has 1 unspecified atom stereocenters. The topological polar surface area (TPSA) is 152 Å². The van der Waals surface area contributed by atoms with Gasteiger partial charge in [-0.25, -0.2) is 8.78 Å². The second-order valence-corrected chi connectivity index (χ2v) is 14.0. The van der Waals surface area contributed by atoms with Crippen molar-refractivity contribution < 1.29 is 28.2 Å². The molecule has 51 heavy (non-hydrogen) atoms. The Morgan fingerprint density at radius 3 is 2.57 bits per heavy atom. The third-order valence-corrected chi connectivity index (χ3v) is 11.0. The number of nitrogens with zero attached hydrogens (tertiary/aromatic N) is 6. The number of phenols is 1. The van der Waals surface area contributed by atoms with Crippen molar-refractivity contribution >= 4 is 23.3 Å². The van der Waals surface area contributed by atoms with Crippen LogP contribution >= 0.6 is 0 Å². The third kappa shape index (κ3) is 6.26. The van der Waals surface area contributed by atoms with E-state index in [1.165, 1.54) is 10.9 Å². The number of carbonyl (C=O) groups is 2. The van der Waals surface area contributed by atoms with Crippen molar-refractivity contribution in [1.29, 1.82) is 0 Å². The van der Waals surface area contributed by atoms with Gasteiger partial charge in [-0.1, -0.05) is 24.3 Å². The standard InChI is InChI=1S/C37H40F2N8O4/c38-37(39)21-45(15-14-32(37)47-20-23(19-41-47)27-18-28(43-44-35(27)40)26-4-1-2-7-31(26)48)24-10-8-22(9-11-24)25-5-3-6-29-34(25)51-17-16-46(29)30-12-13-33(49)42-36(30)50/h1-7,18-20,22,24,30,32,48H,8-17,21H2,(H2,40,44)(H,42,49,50)/t22?,24?,30?,32-/m0/s1. The van der Waals surface area contributed by atoms with Crippen LogP contribution in [0.2, 0.25) is 0 Å². The van der Waals surface area contributed by atoms with E-state index in [1.807, 2.05) is 17.0 Å². The number of fused-ring (bicyclic) bond motifs is 1. The van der Waals surface area contributed by atoms with Crippen molar-refractivity contribution in [3.05, 3.63) is 66.5 Å². The maximum atomic E-state index is 15.9. The van der Waals surface area contributed by atoms with Gasteiger partial charge in [0, 0.05) is 41.9 Å². The first kappa shape index (κ1) is 33.1. The zero-order valence-corrected chi connectivity index (χ0v) is 28.0. The number of para-hydroxylation sites is 2. The molecule has 8 rings (SSSR count). The molecular formula is C37H40F2N8O4. The first-order chi connectivity index (χ1) is 24.7. The van der Waals surface area contributed by atoms with Crippen molar-refractivity contribution in [2.24, 2.45) is 0 Å². The molecule has 0 spiro atoms. The number of piperidine rings is 2. The number of halogens is 2. The number of phenolic OH excluding ortho intramolecular Hbond substituents is 1. The number of anilines is 2. The number of likely N-dealkylation sites (tertiary alicyclic amines) is 1. The normalized spacial score (nSPS) is 25.2. The van der Waals surface area contributed by atoms with Crippen molar-refractivity contribution in [3.8, 4) is 33.9 Å². The molecule has 266 valence electrons. The van der Waals surface area contributed by atoms with Crippen LogP contribution in [-0.2, 0) is 9.59 Å². The number of alkyl halides is 2. The van der Waals surface area contributed by atoms with E-state index < -0.39 is 18.0 Å². The summed E-state index contributed by atoms with van der Waals surface area (Å²) in [4.78, 5) is 28.4. The van der Waals surface area contributed by atoms with Crippen LogP contribution < -0.4 is 20.7 Å². The quantitative estimate of drug-likeness (QED) is 0.237. The monoisotopic (exact) mass is 698 g/mol. The Kier molecular flexibility index (Phi) is 8.57. The molecule has 4 aliphatic rings. The van der Waals surface area contributed by atoms with Crippen LogP contribution in [-0.4, -0.2) is 86.0 Å². The summed E-state index contributed by atoms with van der Waals surface area (Å²) < 4.78 is 39.4. The van der Waals surface area contributed by atoms with Gasteiger partial charge in [-0.15, -0.1) is 10.2 Å². The highest BCUT2D eigenvalue weighted by molar-refractivity contribution is 6.02. The van der Waals surface area contributed by atoms with Crippen molar-refractivity contribution in [1.82, 2.24) is 30.2 Å². The number of aromatic hydroxyl groups is 1. The van der Waals surface area contributed by atoms with E-state index in [4.69, 9.17) is 10.5 Å². The Morgan fingerprint density at radius 1 is 0.961 bits per heavy atom. The van der Waals surface area contributed by atoms with E-state index >= 15 is 8.78 Å². The van der Waals surface area contributed by atoms with Crippen LogP contribution in [0.1, 0.15) is 62.5 Å². The minimum absolute atomic E-state index is 0.0458. The van der Waals surface area contributed by atoms with Crippen LogP contribution in [0.3, 0.4) is 0 Å². The lowest BCUT2D eigenvalue weighted by Gasteiger charge is -2.44. The molecule has 2 aromatic carbocycles. The van der Waals surface area contributed by atoms with Crippen molar-refractivity contribution in [2.75, 3.05) is 36.9 Å². The van der Waals surface area contributed by atoms with Crippen LogP contribution in [0.15, 0.2) is 60.9 Å². The zero-order valence-electron chi connectivity index (χ0n) is 28.0. The Balaban J connectivity index is 0.922. The van der Waals surface area contributed by atoms with Crippen LogP contribution in [0.25, 0.3) is 22.4 Å². The fourth-order valence-corrected chi connectivity index (χ4v) is 8.36. The number of imide groups is 1. The molecule has 2 amide bonds. The highest BCUT2D eigenvalue weighted by atomic mass is 19.3. The summed E-state index contributed by atoms with van der Waals surface area (Å²) in [5.74, 6) is -2.31. The molecule has 2 atom stereocenters. The van der Waals surface area contributed by atoms with Gasteiger partial charge >= 0.3 is 0 Å². The first-order valence-electron chi connectivity index (χ1n) is 17.6. The predicted molar refractivity (Wildman–Crippen MR) is 185 cm³/mol. The number of hydrogen-bond acceptors (Lipinski definition) is 10. The van der Waals surface area contributed by atoms with Gasteiger partial charge in [0.1, 0.15) is 30.2 Å². The Bertz CT molecular complexity index is 1960. The molecule has 1 aliphatic carbocycles. The van der Waals surface area contributed by atoms with Gasteiger partial charge in [-0.05, 0) is 74.3 Å². The summed E-state index contributed by atoms with van der Waals surface area (Å²) in [5.41, 5.74) is 10.1. The number of amides is 2. The highest BCUT2D eigenvalue weighted by Crippen LogP contribution is 2.46. The second-order valence-electron chi connectivity index (χ2n) is 14.0. The number of benzene rings is 2. The molecule has 2 aromatic heterocycles. The second kappa shape index (κ2) is 13.2. The molecule has 0 bridgehead atoms. The summed E-state index contributed by atoms with van der Waals surface area (Å²) in [6.45, 7) is 1.20. The predicted octanol–water partition coefficient (Wildman–Crippen LogP) is 4.91. The van der Waals surface area contributed by atoms with Gasteiger partial charge in [0.2, 0.25) is 11.8 Å². The summed E-state index contributed by atoms with van der Waals surface area (Å²) in [6, 6.07) is 13.0. The zero-order chi connectivity index (χ0) is 35.3. The molecule has 0 radical (unpaired) electrons. The molecule has 1 saturated carbocycles. The molecule has 5 heterocycles. The molecule has 4 aromatic rings. The molecule has 3 fully saturated rings. The van der Waals surface area contributed by atoms with Gasteiger partial charge in [-0.3, -0.25) is 24.5 Å². The van der Waals surface area contributed by atoms with Gasteiger partial charge in [0.15, 0.2) is 5.82 Å². The molecule has 12 nitrogen and oxygen atoms in total. The van der Waals surface area contributed by atoms with E-state index in [9.17, 15) is 14.7 Å². The van der Waals surface area contributed by atoms with Gasteiger partial charge < -0.3 is 20.5 Å². The smallest absolute Gasteiger partial charge is 0.282 e. The minimum atomic E-state index is -3.01. The summed E-state index contributed by atoms with van der Waals surface area (Å²) in [5, 5.41) is 25.3. The Hall–Kier alpha value is -5.11. The lowest BCUT2D eigenvalue weighted by molar-refractivity contribution is -0.134. The van der Waals surface area contributed by atoms with E-state index in [1.54, 1.807) is 36.5 Å². The number of rotatable bonds is 6. The van der Waals surface area contributed by atoms with Gasteiger partial charge in [-0.2, -0.15) is 5.10 Å². The molecular weight excluding hydrogens is 658 g/mol. The molecule has 3 aliphatic heterocycles. The van der Waals surface area contributed by atoms with Crippen LogP contribution in [0.4, 0.5) is 20.3 Å². The minimum Gasteiger partial charge on any atom is -0.507 e. The molecule has 4 N–H and O–H groups in total. The molecule has 14 heteroatoms. The number of nitrogens with one attached hydrogen (secondary N) is 1. The number of nitrogen functional groups attached to an aromatic ring is 1. The lowest BCUT2D eigenvalue weighted by atomic mass is 9.80. The average Bonchev–Trinajstić information content (AvgIpc) is 3.61. The first-order valence-corrected chi connectivity index (χ1v) is 17.6. The number of nitrogens with two attached hydrogens (primary N) is 1. The highest BCUT2D eigenvalue weighted by Gasteiger charge is 2.48. The van der Waals surface area contributed by atoms with Crippen LogP contribution in [0.5, 0.6) is 11.5 Å². The van der Waals surface area contributed by atoms with E-state index in [0.29, 0.717) is 54.9 Å². The van der Waals surface area contributed by atoms with E-state index in [-0.39, 0.29) is 48.3 Å². The van der Waals surface area contributed by atoms with Crippen LogP contribution in [0, 0.1) is 0 Å². The number of aromatic nitrogens is 4. The number of hydrogen-bond donors (Lipinski definition) is 3. The summed E-state index contributed by atoms with van der Waals surface area (Å²) in [7, 11) is 0. The fraction of sp³-hybridized carbons (Fsp3) is 0.432. The Morgan fingerprint density at radius 2 is 1.78 bits per heavy atom. The molecule has 2 saturated heterocycles. The van der Waals surface area contributed by atoms with Crippen molar-refractivity contribution in [2.45, 2.75) is 74.9 Å². The third-order valence-electron chi connectivity index (χ3n) is 11.0. The van der Waals surface area contributed by atoms with Gasteiger partial charge in [0.05, 0.1) is 30.7 Å². The number of carbonyl (C=O) groups excluding carboxylic acids is 2. The Labute approximate surface area is 293 Å². The van der Waals surface area contributed by atoms with E-state index in [0.717, 1.165) is 42.7 Å². The summed E-state index contributed by atoms with van der Waals surface area (Å²) in [6.07, 6.45) is 7.43. The lowest BCUT2D eigenvalue weighted by Crippen LogP contribution is -2.54. The van der Waals surface area contributed by atoms with Gasteiger partial charge in [0.25, 0.3) is 5.92 Å². The maximum Gasteiger partial charge on any atom is 0.282 e. The average molecular weight is 699 g/mol. The van der Waals surface area contributed by atoms with Crippen molar-refractivity contribution in [3.63, 3.8) is 0 Å². The summed E-state index contributed by atoms with van der Waals surface area (Å²) >= 11 is 0. The number of ether oxygens (including phenoxy) is 1. The SMILES string of the molecule is Nc1nnc(-c2ccccc2O)cc1-c1cnn([C@H]2CCN(C3CCC(c4cccc5c4OCCN5C4CCC(=O)NC4=O)CC3)CC2(F)F)c1. The fourth-order valence-electron chi connectivity index (χ4n) is 8.36. The maximum absolute atomic E-state index is 15.9. The van der Waals surface area contributed by atoms with E-state index in [2.05, 4.69) is 31.6 Å². The largest absolute Gasteiger partial charge is 0.507 e.